The van der Waals surface area contributed by atoms with Gasteiger partial charge in [-0.25, -0.2) is 8.78 Å². The van der Waals surface area contributed by atoms with Crippen LogP contribution < -0.4 is 4.74 Å². The van der Waals surface area contributed by atoms with Crippen LogP contribution in [0, 0.1) is 29.4 Å². The monoisotopic (exact) mass is 454 g/mol. The lowest BCUT2D eigenvalue weighted by molar-refractivity contribution is -0.275. The van der Waals surface area contributed by atoms with E-state index in [4.69, 9.17) is 0 Å². The van der Waals surface area contributed by atoms with E-state index >= 15 is 0 Å². The Kier molecular flexibility index (Phi) is 6.97. The fraction of sp³-hybridized carbons (Fsp3) is 0.615. The van der Waals surface area contributed by atoms with E-state index in [9.17, 15) is 22.0 Å². The number of benzene rings is 2. The fourth-order valence-corrected chi connectivity index (χ4v) is 6.09. The van der Waals surface area contributed by atoms with Gasteiger partial charge in [-0.2, -0.15) is 0 Å². The molecule has 0 saturated heterocycles. The molecule has 0 bridgehead atoms. The van der Waals surface area contributed by atoms with Crippen molar-refractivity contribution in [3.63, 3.8) is 0 Å². The van der Waals surface area contributed by atoms with Gasteiger partial charge in [-0.15, -0.1) is 13.2 Å². The molecule has 4 rings (SSSR count). The summed E-state index contributed by atoms with van der Waals surface area (Å²) >= 11 is 0. The molecule has 0 spiro atoms. The SMILES string of the molecule is CCCC1CCC(C2CCC(c3cc(F)c4c(F)c(OC(F)(F)F)ccc4c3)CC2)CC1. The van der Waals surface area contributed by atoms with E-state index in [1.807, 2.05) is 0 Å². The lowest BCUT2D eigenvalue weighted by Gasteiger charge is -2.38. The summed E-state index contributed by atoms with van der Waals surface area (Å²) < 4.78 is 70.4. The van der Waals surface area contributed by atoms with Gasteiger partial charge in [0.1, 0.15) is 5.82 Å². The molecule has 0 N–H and O–H groups in total. The van der Waals surface area contributed by atoms with Crippen molar-refractivity contribution in [2.75, 3.05) is 0 Å². The van der Waals surface area contributed by atoms with E-state index in [1.165, 1.54) is 50.7 Å². The maximum atomic E-state index is 14.8. The first-order valence-electron chi connectivity index (χ1n) is 11.9. The normalized spacial score (nSPS) is 26.9. The smallest absolute Gasteiger partial charge is 0.403 e. The Bertz CT molecular complexity index is 922. The van der Waals surface area contributed by atoms with Gasteiger partial charge >= 0.3 is 6.36 Å². The van der Waals surface area contributed by atoms with Crippen molar-refractivity contribution in [3.05, 3.63) is 41.5 Å². The molecule has 1 nitrogen and oxygen atoms in total. The highest BCUT2D eigenvalue weighted by Gasteiger charge is 2.34. The van der Waals surface area contributed by atoms with E-state index in [0.29, 0.717) is 0 Å². The van der Waals surface area contributed by atoms with Crippen molar-refractivity contribution in [1.29, 1.82) is 0 Å². The van der Waals surface area contributed by atoms with Gasteiger partial charge in [-0.1, -0.05) is 44.7 Å². The number of halogens is 5. The largest absolute Gasteiger partial charge is 0.573 e. The molecule has 6 heteroatoms. The standard InChI is InChI=1S/C26H31F5O/c1-2-3-16-4-6-17(7-5-16)18-8-10-19(11-9-18)21-14-20-12-13-23(32-26(29,30)31)25(28)24(20)22(27)15-21/h12-19H,2-11H2,1H3. The van der Waals surface area contributed by atoms with Crippen molar-refractivity contribution in [1.82, 2.24) is 0 Å². The van der Waals surface area contributed by atoms with Crippen LogP contribution in [0.4, 0.5) is 22.0 Å². The van der Waals surface area contributed by atoms with Crippen molar-refractivity contribution in [3.8, 4) is 5.75 Å². The third kappa shape index (κ3) is 5.20. The number of hydrogen-bond acceptors (Lipinski definition) is 1. The molecule has 0 radical (unpaired) electrons. The van der Waals surface area contributed by atoms with Gasteiger partial charge in [0.2, 0.25) is 0 Å². The zero-order chi connectivity index (χ0) is 22.9. The summed E-state index contributed by atoms with van der Waals surface area (Å²) in [6.07, 6.45) is 7.13. The van der Waals surface area contributed by atoms with Gasteiger partial charge in [-0.05, 0) is 85.3 Å². The first-order valence-corrected chi connectivity index (χ1v) is 11.9. The number of ether oxygens (including phenoxy) is 1. The molecule has 2 aliphatic rings. The van der Waals surface area contributed by atoms with Gasteiger partial charge in [-0.3, -0.25) is 0 Å². The predicted octanol–water partition coefficient (Wildman–Crippen LogP) is 8.90. The Balaban J connectivity index is 1.43. The van der Waals surface area contributed by atoms with Crippen molar-refractivity contribution >= 4 is 10.8 Å². The van der Waals surface area contributed by atoms with Crippen LogP contribution in [0.15, 0.2) is 24.3 Å². The summed E-state index contributed by atoms with van der Waals surface area (Å²) in [5.41, 5.74) is 0.809. The molecular formula is C26H31F5O. The summed E-state index contributed by atoms with van der Waals surface area (Å²) in [4.78, 5) is 0. The van der Waals surface area contributed by atoms with E-state index in [2.05, 4.69) is 11.7 Å². The summed E-state index contributed by atoms with van der Waals surface area (Å²) in [7, 11) is 0. The Labute approximate surface area is 186 Å². The quantitative estimate of drug-likeness (QED) is 0.410. The second-order valence-electron chi connectivity index (χ2n) is 9.71. The maximum Gasteiger partial charge on any atom is 0.573 e. The molecule has 2 aliphatic carbocycles. The molecule has 32 heavy (non-hydrogen) atoms. The predicted molar refractivity (Wildman–Crippen MR) is 116 cm³/mol. The minimum Gasteiger partial charge on any atom is -0.403 e. The molecule has 2 aromatic rings. The summed E-state index contributed by atoms with van der Waals surface area (Å²) in [6, 6.07) is 5.23. The molecule has 0 amide bonds. The average molecular weight is 455 g/mol. The highest BCUT2D eigenvalue weighted by molar-refractivity contribution is 5.86. The van der Waals surface area contributed by atoms with Crippen molar-refractivity contribution < 1.29 is 26.7 Å². The van der Waals surface area contributed by atoms with E-state index in [-0.39, 0.29) is 11.3 Å². The maximum absolute atomic E-state index is 14.8. The van der Waals surface area contributed by atoms with E-state index < -0.39 is 29.1 Å². The van der Waals surface area contributed by atoms with Crippen molar-refractivity contribution in [2.24, 2.45) is 17.8 Å². The average Bonchev–Trinajstić information content (AvgIpc) is 2.75. The summed E-state index contributed by atoms with van der Waals surface area (Å²) in [5.74, 6) is -0.514. The molecule has 2 aromatic carbocycles. The summed E-state index contributed by atoms with van der Waals surface area (Å²) in [6.45, 7) is 2.26. The second-order valence-corrected chi connectivity index (χ2v) is 9.71. The Hall–Kier alpha value is -1.85. The summed E-state index contributed by atoms with van der Waals surface area (Å²) in [5, 5.41) is -0.184. The zero-order valence-corrected chi connectivity index (χ0v) is 18.5. The highest BCUT2D eigenvalue weighted by Crippen LogP contribution is 2.45. The third-order valence-electron chi connectivity index (χ3n) is 7.72. The van der Waals surface area contributed by atoms with Crippen LogP contribution in [0.5, 0.6) is 5.75 Å². The topological polar surface area (TPSA) is 9.23 Å². The van der Waals surface area contributed by atoms with Crippen LogP contribution in [0.2, 0.25) is 0 Å². The van der Waals surface area contributed by atoms with Crippen molar-refractivity contribution in [2.45, 2.75) is 83.4 Å². The first kappa shape index (κ1) is 23.3. The molecule has 2 fully saturated rings. The van der Waals surface area contributed by atoms with Gasteiger partial charge < -0.3 is 4.74 Å². The third-order valence-corrected chi connectivity index (χ3v) is 7.72. The number of alkyl halides is 3. The number of rotatable bonds is 5. The minimum atomic E-state index is -5.03. The molecular weight excluding hydrogens is 423 g/mol. The zero-order valence-electron chi connectivity index (χ0n) is 18.5. The van der Waals surface area contributed by atoms with Crippen LogP contribution >= 0.6 is 0 Å². The molecule has 0 heterocycles. The molecule has 0 aromatic heterocycles. The highest BCUT2D eigenvalue weighted by atomic mass is 19.4. The van der Waals surface area contributed by atoms with Crippen LogP contribution in [-0.4, -0.2) is 6.36 Å². The first-order chi connectivity index (χ1) is 15.2. The number of hydrogen-bond donors (Lipinski definition) is 0. The number of fused-ring (bicyclic) bond motifs is 1. The van der Waals surface area contributed by atoms with Gasteiger partial charge in [0.15, 0.2) is 11.6 Å². The van der Waals surface area contributed by atoms with Crippen LogP contribution in [-0.2, 0) is 0 Å². The molecule has 0 unspecified atom stereocenters. The van der Waals surface area contributed by atoms with Crippen LogP contribution in [0.25, 0.3) is 10.8 Å². The molecule has 2 saturated carbocycles. The van der Waals surface area contributed by atoms with Gasteiger partial charge in [0, 0.05) is 0 Å². The van der Waals surface area contributed by atoms with Crippen LogP contribution in [0.1, 0.15) is 82.6 Å². The van der Waals surface area contributed by atoms with Gasteiger partial charge in [0.05, 0.1) is 5.39 Å². The second kappa shape index (κ2) is 9.56. The van der Waals surface area contributed by atoms with Gasteiger partial charge in [0.25, 0.3) is 0 Å². The lowest BCUT2D eigenvalue weighted by atomic mass is 9.68. The molecule has 0 atom stereocenters. The Morgan fingerprint density at radius 2 is 1.50 bits per heavy atom. The fourth-order valence-electron chi connectivity index (χ4n) is 6.09. The van der Waals surface area contributed by atoms with Crippen LogP contribution in [0.3, 0.4) is 0 Å². The minimum absolute atomic E-state index is 0.204. The lowest BCUT2D eigenvalue weighted by Crippen LogP contribution is -2.25. The molecule has 176 valence electrons. The van der Waals surface area contributed by atoms with E-state index in [1.54, 1.807) is 6.07 Å². The van der Waals surface area contributed by atoms with E-state index in [0.717, 1.165) is 55.1 Å². The molecule has 0 aliphatic heterocycles. The Morgan fingerprint density at radius 3 is 2.09 bits per heavy atom. The Morgan fingerprint density at radius 1 is 0.875 bits per heavy atom.